The van der Waals surface area contributed by atoms with Crippen molar-refractivity contribution in [3.05, 3.63) is 95.0 Å². The van der Waals surface area contributed by atoms with Crippen LogP contribution in [0.5, 0.6) is 0 Å². The minimum absolute atomic E-state index is 0.0423. The summed E-state index contributed by atoms with van der Waals surface area (Å²) in [6.07, 6.45) is 0.729. The van der Waals surface area contributed by atoms with Crippen LogP contribution in [0.25, 0.3) is 0 Å². The Balaban J connectivity index is 2.04. The predicted octanol–water partition coefficient (Wildman–Crippen LogP) is 5.18. The first-order valence-electron chi connectivity index (χ1n) is 12.5. The molecule has 9 heteroatoms. The Morgan fingerprint density at radius 1 is 0.921 bits per heavy atom. The number of rotatable bonds is 11. The highest BCUT2D eigenvalue weighted by atomic mass is 35.5. The molecule has 0 aliphatic rings. The summed E-state index contributed by atoms with van der Waals surface area (Å²) in [7, 11) is -4.10. The molecule has 2 atom stereocenters. The fourth-order valence-electron chi connectivity index (χ4n) is 3.93. The van der Waals surface area contributed by atoms with Crippen LogP contribution in [0, 0.1) is 6.92 Å². The smallest absolute Gasteiger partial charge is 0.264 e. The van der Waals surface area contributed by atoms with E-state index < -0.39 is 28.5 Å². The molecule has 0 heterocycles. The summed E-state index contributed by atoms with van der Waals surface area (Å²) in [5, 5.41) is 3.37. The van der Waals surface area contributed by atoms with Crippen LogP contribution in [0.4, 0.5) is 5.69 Å². The zero-order chi connectivity index (χ0) is 27.9. The number of aryl methyl sites for hydroxylation is 1. The van der Waals surface area contributed by atoms with Crippen LogP contribution in [0.15, 0.2) is 83.8 Å². The Bertz CT molecular complexity index is 1370. The summed E-state index contributed by atoms with van der Waals surface area (Å²) in [4.78, 5) is 28.5. The predicted molar refractivity (Wildman–Crippen MR) is 152 cm³/mol. The molecule has 38 heavy (non-hydrogen) atoms. The quantitative estimate of drug-likeness (QED) is 0.353. The standard InChI is InChI=1S/C29H34ClN3O4S/c1-5-22(3)31-29(35)23(4)32(19-24-14-10-11-17-26(24)30)28(34)20-33(27-18-12-9-13-21(27)2)38(36,37)25-15-7-6-8-16-25/h6-18,22-23H,5,19-20H2,1-4H3,(H,31,35)/t22-,23+/m1/s1. The molecule has 0 aliphatic heterocycles. The number of halogens is 1. The second-order valence-electron chi connectivity index (χ2n) is 9.22. The number of nitrogens with zero attached hydrogens (tertiary/aromatic N) is 2. The molecular formula is C29H34ClN3O4S. The van der Waals surface area contributed by atoms with Gasteiger partial charge in [0, 0.05) is 17.6 Å². The number of nitrogens with one attached hydrogen (secondary N) is 1. The lowest BCUT2D eigenvalue weighted by Gasteiger charge is -2.33. The largest absolute Gasteiger partial charge is 0.352 e. The van der Waals surface area contributed by atoms with Gasteiger partial charge in [-0.3, -0.25) is 13.9 Å². The monoisotopic (exact) mass is 555 g/mol. The summed E-state index contributed by atoms with van der Waals surface area (Å²) in [5.41, 5.74) is 1.73. The highest BCUT2D eigenvalue weighted by Crippen LogP contribution is 2.27. The molecule has 1 N–H and O–H groups in total. The minimum Gasteiger partial charge on any atom is -0.352 e. The SMILES string of the molecule is CC[C@@H](C)NC(=O)[C@H](C)N(Cc1ccccc1Cl)C(=O)CN(c1ccccc1C)S(=O)(=O)c1ccccc1. The molecule has 0 saturated heterocycles. The number of amides is 2. The van der Waals surface area contributed by atoms with E-state index in [9.17, 15) is 18.0 Å². The van der Waals surface area contributed by atoms with Crippen molar-refractivity contribution in [1.29, 1.82) is 0 Å². The van der Waals surface area contributed by atoms with E-state index in [4.69, 9.17) is 11.6 Å². The highest BCUT2D eigenvalue weighted by Gasteiger charge is 2.33. The van der Waals surface area contributed by atoms with E-state index in [1.54, 1.807) is 80.6 Å². The van der Waals surface area contributed by atoms with Crippen LogP contribution < -0.4 is 9.62 Å². The van der Waals surface area contributed by atoms with Gasteiger partial charge in [-0.2, -0.15) is 0 Å². The van der Waals surface area contributed by atoms with Crippen molar-refractivity contribution in [2.45, 2.75) is 57.6 Å². The van der Waals surface area contributed by atoms with E-state index in [-0.39, 0.29) is 23.4 Å². The van der Waals surface area contributed by atoms with E-state index in [2.05, 4.69) is 5.32 Å². The molecule has 0 spiro atoms. The number of benzene rings is 3. The molecule has 3 aromatic carbocycles. The second-order valence-corrected chi connectivity index (χ2v) is 11.5. The molecule has 3 rings (SSSR count). The first kappa shape index (κ1) is 29.2. The van der Waals surface area contributed by atoms with Gasteiger partial charge < -0.3 is 10.2 Å². The Labute approximate surface area is 230 Å². The highest BCUT2D eigenvalue weighted by molar-refractivity contribution is 7.92. The number of carbonyl (C=O) groups is 2. The van der Waals surface area contributed by atoms with Crippen molar-refractivity contribution in [3.63, 3.8) is 0 Å². The molecule has 0 aliphatic carbocycles. The Morgan fingerprint density at radius 3 is 2.16 bits per heavy atom. The number of hydrogen-bond donors (Lipinski definition) is 1. The topological polar surface area (TPSA) is 86.8 Å². The Morgan fingerprint density at radius 2 is 1.53 bits per heavy atom. The Hall–Kier alpha value is -3.36. The van der Waals surface area contributed by atoms with Crippen molar-refractivity contribution in [2.24, 2.45) is 0 Å². The number of anilines is 1. The van der Waals surface area contributed by atoms with E-state index in [1.165, 1.54) is 17.0 Å². The van der Waals surface area contributed by atoms with E-state index in [0.717, 1.165) is 10.7 Å². The third-order valence-corrected chi connectivity index (χ3v) is 8.60. The van der Waals surface area contributed by atoms with Crippen molar-refractivity contribution in [2.75, 3.05) is 10.8 Å². The summed E-state index contributed by atoms with van der Waals surface area (Å²) < 4.78 is 28.7. The van der Waals surface area contributed by atoms with Gasteiger partial charge in [0.2, 0.25) is 11.8 Å². The molecule has 3 aromatic rings. The van der Waals surface area contributed by atoms with Crippen molar-refractivity contribution >= 4 is 39.1 Å². The fourth-order valence-corrected chi connectivity index (χ4v) is 5.63. The maximum absolute atomic E-state index is 13.9. The van der Waals surface area contributed by atoms with Gasteiger partial charge in [-0.25, -0.2) is 8.42 Å². The first-order valence-corrected chi connectivity index (χ1v) is 14.3. The number of sulfonamides is 1. The lowest BCUT2D eigenvalue weighted by atomic mass is 10.1. The molecule has 0 radical (unpaired) electrons. The zero-order valence-electron chi connectivity index (χ0n) is 22.1. The van der Waals surface area contributed by atoms with Crippen molar-refractivity contribution < 1.29 is 18.0 Å². The summed E-state index contributed by atoms with van der Waals surface area (Å²) >= 11 is 6.39. The van der Waals surface area contributed by atoms with Crippen LogP contribution >= 0.6 is 11.6 Å². The lowest BCUT2D eigenvalue weighted by molar-refractivity contribution is -0.139. The molecule has 7 nitrogen and oxygen atoms in total. The van der Waals surface area contributed by atoms with Crippen LogP contribution in [-0.4, -0.2) is 43.8 Å². The third-order valence-electron chi connectivity index (χ3n) is 6.46. The molecule has 0 bridgehead atoms. The molecule has 202 valence electrons. The van der Waals surface area contributed by atoms with Crippen LogP contribution in [-0.2, 0) is 26.2 Å². The molecule has 0 fully saturated rings. The summed E-state index contributed by atoms with van der Waals surface area (Å²) in [6, 6.07) is 21.1. The molecule has 2 amide bonds. The average Bonchev–Trinajstić information content (AvgIpc) is 2.91. The fraction of sp³-hybridized carbons (Fsp3) is 0.310. The van der Waals surface area contributed by atoms with Gasteiger partial charge in [0.25, 0.3) is 10.0 Å². The molecule has 0 unspecified atom stereocenters. The molecular weight excluding hydrogens is 522 g/mol. The van der Waals surface area contributed by atoms with Gasteiger partial charge in [-0.1, -0.05) is 73.1 Å². The van der Waals surface area contributed by atoms with Crippen LogP contribution in [0.1, 0.15) is 38.3 Å². The second kappa shape index (κ2) is 12.9. The lowest BCUT2D eigenvalue weighted by Crippen LogP contribution is -2.52. The number of carbonyl (C=O) groups excluding carboxylic acids is 2. The molecule has 0 aromatic heterocycles. The van der Waals surface area contributed by atoms with Gasteiger partial charge in [-0.05, 0) is 62.6 Å². The van der Waals surface area contributed by atoms with E-state index in [0.29, 0.717) is 21.8 Å². The van der Waals surface area contributed by atoms with Gasteiger partial charge in [-0.15, -0.1) is 0 Å². The normalized spacial score (nSPS) is 12.9. The van der Waals surface area contributed by atoms with Gasteiger partial charge in [0.05, 0.1) is 10.6 Å². The van der Waals surface area contributed by atoms with Crippen LogP contribution in [0.2, 0.25) is 5.02 Å². The van der Waals surface area contributed by atoms with E-state index in [1.807, 2.05) is 13.8 Å². The number of para-hydroxylation sites is 1. The summed E-state index contributed by atoms with van der Waals surface area (Å²) in [5.74, 6) is -0.854. The van der Waals surface area contributed by atoms with E-state index >= 15 is 0 Å². The third kappa shape index (κ3) is 6.94. The maximum atomic E-state index is 13.9. The van der Waals surface area contributed by atoms with Crippen molar-refractivity contribution in [1.82, 2.24) is 10.2 Å². The minimum atomic E-state index is -4.10. The number of hydrogen-bond acceptors (Lipinski definition) is 4. The van der Waals surface area contributed by atoms with Crippen molar-refractivity contribution in [3.8, 4) is 0 Å². The van der Waals surface area contributed by atoms with Gasteiger partial charge >= 0.3 is 0 Å². The van der Waals surface area contributed by atoms with Crippen LogP contribution in [0.3, 0.4) is 0 Å². The summed E-state index contributed by atoms with van der Waals surface area (Å²) in [6.45, 7) is 6.81. The molecule has 0 saturated carbocycles. The maximum Gasteiger partial charge on any atom is 0.264 e. The zero-order valence-corrected chi connectivity index (χ0v) is 23.7. The van der Waals surface area contributed by atoms with Gasteiger partial charge in [0.1, 0.15) is 12.6 Å². The first-order chi connectivity index (χ1) is 18.1. The average molecular weight is 556 g/mol. The van der Waals surface area contributed by atoms with Gasteiger partial charge in [0.15, 0.2) is 0 Å². The Kier molecular flexibility index (Phi) is 9.94.